The van der Waals surface area contributed by atoms with Crippen LogP contribution in [0.15, 0.2) is 146 Å². The van der Waals surface area contributed by atoms with Gasteiger partial charge in [-0.05, 0) is 18.1 Å². The first-order valence-electron chi connectivity index (χ1n) is 12.0. The highest BCUT2D eigenvalue weighted by molar-refractivity contribution is 7.90. The zero-order chi connectivity index (χ0) is 23.9. The molecule has 0 saturated carbocycles. The molecule has 0 aromatic heterocycles. The largest absolute Gasteiger partial charge is 0.313 e. The second kappa shape index (κ2) is 11.5. The normalized spacial score (nSPS) is 11.1. The van der Waals surface area contributed by atoms with Crippen molar-refractivity contribution in [1.82, 2.24) is 0 Å². The first-order valence-corrected chi connectivity index (χ1v) is 14.6. The van der Waals surface area contributed by atoms with E-state index < -0.39 is 16.1 Å². The van der Waals surface area contributed by atoms with Crippen molar-refractivity contribution >= 4 is 43.1 Å². The van der Waals surface area contributed by atoms with Crippen molar-refractivity contribution in [3.8, 4) is 0 Å². The zero-order valence-corrected chi connectivity index (χ0v) is 21.7. The quantitative estimate of drug-likeness (QED) is 0.209. The van der Waals surface area contributed by atoms with Gasteiger partial charge in [0.15, 0.2) is 0 Å². The fraction of sp³-hybridized carbons (Fsp3) is 0.0625. The minimum Gasteiger partial charge on any atom is -0.313 e. The molecule has 0 radical (unpaired) electrons. The van der Waals surface area contributed by atoms with E-state index in [2.05, 4.69) is 157 Å². The predicted octanol–water partition coefficient (Wildman–Crippen LogP) is 7.15. The van der Waals surface area contributed by atoms with Crippen LogP contribution >= 0.6 is 16.1 Å². The second-order valence-electron chi connectivity index (χ2n) is 8.24. The van der Waals surface area contributed by atoms with Crippen LogP contribution in [0.4, 0.5) is 5.69 Å². The van der Waals surface area contributed by atoms with Crippen molar-refractivity contribution in [2.45, 2.75) is 13.3 Å². The average Bonchev–Trinajstić information content (AvgIpc) is 2.95. The number of para-hydroxylation sites is 1. The van der Waals surface area contributed by atoms with E-state index in [0.717, 1.165) is 6.42 Å². The Morgan fingerprint density at radius 2 is 0.743 bits per heavy atom. The van der Waals surface area contributed by atoms with Crippen molar-refractivity contribution in [1.29, 1.82) is 0 Å². The van der Waals surface area contributed by atoms with E-state index in [1.165, 1.54) is 32.5 Å². The number of hydrogen-bond acceptors (Lipinski definition) is 1. The summed E-state index contributed by atoms with van der Waals surface area (Å²) < 4.78 is 2.76. The van der Waals surface area contributed by atoms with Gasteiger partial charge >= 0.3 is 0 Å². The molecule has 5 aromatic carbocycles. The van der Waals surface area contributed by atoms with Crippen molar-refractivity contribution in [2.75, 3.05) is 4.44 Å². The Morgan fingerprint density at radius 1 is 0.429 bits per heavy atom. The smallest absolute Gasteiger partial charge is 0.0590 e. The lowest BCUT2D eigenvalue weighted by Crippen LogP contribution is -2.32. The maximum atomic E-state index is 2.76. The first kappa shape index (κ1) is 23.5. The molecule has 0 saturated heterocycles. The lowest BCUT2D eigenvalue weighted by atomic mass is 10.1. The number of nitrogens with zero attached hydrogens (tertiary/aromatic N) is 1. The van der Waals surface area contributed by atoms with E-state index in [0.29, 0.717) is 0 Å². The summed E-state index contributed by atoms with van der Waals surface area (Å²) in [5.74, 6) is 0. The summed E-state index contributed by atoms with van der Waals surface area (Å²) >= 11 is 0. The van der Waals surface area contributed by atoms with Crippen LogP contribution in [0.3, 0.4) is 0 Å². The summed E-state index contributed by atoms with van der Waals surface area (Å²) in [6.45, 7) is 2.26. The summed E-state index contributed by atoms with van der Waals surface area (Å²) in [4.78, 5) is 0. The monoisotopic (exact) mass is 489 g/mol. The third-order valence-electron chi connectivity index (χ3n) is 5.97. The van der Waals surface area contributed by atoms with Gasteiger partial charge < -0.3 is 4.44 Å². The Kier molecular flexibility index (Phi) is 7.69. The molecule has 0 N–H and O–H groups in total. The zero-order valence-electron chi connectivity index (χ0n) is 19.9. The Bertz CT molecular complexity index is 1160. The summed E-state index contributed by atoms with van der Waals surface area (Å²) in [7, 11) is -1.67. The van der Waals surface area contributed by atoms with Gasteiger partial charge in [-0.25, -0.2) is 0 Å². The summed E-state index contributed by atoms with van der Waals surface area (Å²) in [6.07, 6.45) is 0.992. The number of aryl methyl sites for hydroxylation is 1. The van der Waals surface area contributed by atoms with Crippen molar-refractivity contribution in [2.24, 2.45) is 0 Å². The molecule has 5 aromatic rings. The Balaban J connectivity index is 1.83. The van der Waals surface area contributed by atoms with Crippen LogP contribution in [0.5, 0.6) is 0 Å². The van der Waals surface area contributed by atoms with E-state index in [4.69, 9.17) is 0 Å². The van der Waals surface area contributed by atoms with E-state index >= 15 is 0 Å². The number of hydrogen-bond donors (Lipinski definition) is 0. The lowest BCUT2D eigenvalue weighted by Gasteiger charge is -2.41. The van der Waals surface area contributed by atoms with Crippen LogP contribution < -0.4 is 25.7 Å². The summed E-state index contributed by atoms with van der Waals surface area (Å²) in [6, 6.07) is 53.2. The lowest BCUT2D eigenvalue weighted by molar-refractivity contribution is 1.14. The Labute approximate surface area is 211 Å². The molecule has 0 unspecified atom stereocenters. The van der Waals surface area contributed by atoms with E-state index in [9.17, 15) is 0 Å². The molecular formula is C32H29NP2. The summed E-state index contributed by atoms with van der Waals surface area (Å²) in [5.41, 5.74) is 2.71. The fourth-order valence-electron chi connectivity index (χ4n) is 4.32. The molecular weight excluding hydrogens is 460 g/mol. The SMILES string of the molecule is CCc1ccccc1N(P(c1ccccc1)c1ccccc1)P(c1ccccc1)c1ccccc1. The van der Waals surface area contributed by atoms with Gasteiger partial charge in [0.1, 0.15) is 0 Å². The molecule has 172 valence electrons. The highest BCUT2D eigenvalue weighted by atomic mass is 31.2. The standard InChI is InChI=1S/C32H29NP2/c1-2-27-17-15-16-26-32(27)33(34(28-18-7-3-8-19-28)29-20-9-4-10-21-29)35(30-22-11-5-12-23-30)31-24-13-6-14-25-31/h3-26H,2H2,1H3. The molecule has 35 heavy (non-hydrogen) atoms. The summed E-state index contributed by atoms with van der Waals surface area (Å²) in [5, 5.41) is 5.44. The van der Waals surface area contributed by atoms with Gasteiger partial charge in [-0.2, -0.15) is 0 Å². The second-order valence-corrected chi connectivity index (χ2v) is 12.7. The topological polar surface area (TPSA) is 3.24 Å². The van der Waals surface area contributed by atoms with Gasteiger partial charge in [-0.15, -0.1) is 0 Å². The van der Waals surface area contributed by atoms with Gasteiger partial charge in [-0.1, -0.05) is 146 Å². The van der Waals surface area contributed by atoms with Gasteiger partial charge in [0, 0.05) is 26.9 Å². The molecule has 0 fully saturated rings. The number of anilines is 1. The molecule has 3 heteroatoms. The van der Waals surface area contributed by atoms with E-state index in [-0.39, 0.29) is 0 Å². The predicted molar refractivity (Wildman–Crippen MR) is 156 cm³/mol. The van der Waals surface area contributed by atoms with E-state index in [1.54, 1.807) is 0 Å². The van der Waals surface area contributed by atoms with Crippen molar-refractivity contribution < 1.29 is 0 Å². The van der Waals surface area contributed by atoms with Gasteiger partial charge in [-0.3, -0.25) is 0 Å². The molecule has 0 spiro atoms. The van der Waals surface area contributed by atoms with Gasteiger partial charge in [0.2, 0.25) is 0 Å². The average molecular weight is 490 g/mol. The van der Waals surface area contributed by atoms with Crippen LogP contribution in [-0.4, -0.2) is 0 Å². The van der Waals surface area contributed by atoms with Crippen LogP contribution in [0.1, 0.15) is 12.5 Å². The van der Waals surface area contributed by atoms with Crippen LogP contribution in [0.2, 0.25) is 0 Å². The van der Waals surface area contributed by atoms with E-state index in [1.807, 2.05) is 0 Å². The molecule has 5 rings (SSSR count). The van der Waals surface area contributed by atoms with Crippen molar-refractivity contribution in [3.63, 3.8) is 0 Å². The number of benzene rings is 5. The third kappa shape index (κ3) is 5.23. The molecule has 0 amide bonds. The van der Waals surface area contributed by atoms with Crippen LogP contribution in [0, 0.1) is 0 Å². The highest BCUT2D eigenvalue weighted by Gasteiger charge is 2.33. The van der Waals surface area contributed by atoms with Crippen LogP contribution in [-0.2, 0) is 6.42 Å². The van der Waals surface area contributed by atoms with Crippen molar-refractivity contribution in [3.05, 3.63) is 151 Å². The maximum Gasteiger partial charge on any atom is 0.0590 e. The molecule has 1 nitrogen and oxygen atoms in total. The molecule has 0 bridgehead atoms. The molecule has 0 aliphatic heterocycles. The minimum atomic E-state index is -0.837. The highest BCUT2D eigenvalue weighted by Crippen LogP contribution is 2.57. The molecule has 0 atom stereocenters. The molecule has 0 heterocycles. The maximum absolute atomic E-state index is 2.76. The Morgan fingerprint density at radius 3 is 1.09 bits per heavy atom. The fourth-order valence-corrected chi connectivity index (χ4v) is 10.4. The minimum absolute atomic E-state index is 0.837. The Hall–Kier alpha value is -3.24. The first-order chi connectivity index (χ1) is 17.4. The number of rotatable bonds is 8. The molecule has 0 aliphatic rings. The van der Waals surface area contributed by atoms with Gasteiger partial charge in [0.25, 0.3) is 0 Å². The molecule has 0 aliphatic carbocycles. The third-order valence-corrected chi connectivity index (χ3v) is 11.4. The van der Waals surface area contributed by atoms with Gasteiger partial charge in [0.05, 0.1) is 16.1 Å². The van der Waals surface area contributed by atoms with Crippen LogP contribution in [0.25, 0.3) is 0 Å².